The molecule has 1 heterocycles. The van der Waals surface area contributed by atoms with Gasteiger partial charge in [0.15, 0.2) is 5.78 Å². The lowest BCUT2D eigenvalue weighted by atomic mass is 10.1. The van der Waals surface area contributed by atoms with Crippen molar-refractivity contribution in [3.63, 3.8) is 0 Å². The highest BCUT2D eigenvalue weighted by Crippen LogP contribution is 2.25. The number of halogens is 3. The van der Waals surface area contributed by atoms with Crippen LogP contribution in [0.2, 0.25) is 5.02 Å². The van der Waals surface area contributed by atoms with Crippen molar-refractivity contribution in [1.82, 2.24) is 9.71 Å². The fraction of sp³-hybridized carbons (Fsp3) is 0.111. The Bertz CT molecular complexity index is 1580. The third kappa shape index (κ3) is 6.76. The van der Waals surface area contributed by atoms with E-state index in [1.807, 2.05) is 12.1 Å². The van der Waals surface area contributed by atoms with Gasteiger partial charge in [-0.3, -0.25) is 9.78 Å². The standard InChI is InChI=1S/C27H22ClF2N3O3S/c28-21-6-10-24-20(14-21)16-31-17-26(24)32-12-1-13-33-37(35,36)23-8-3-19(4-9-23)27(34)11-5-18-2-7-22(29)15-25(18)30/h2-11,14-17,32-33H,1,12-13H2/b11-5+. The van der Waals surface area contributed by atoms with Gasteiger partial charge in [-0.15, -0.1) is 0 Å². The van der Waals surface area contributed by atoms with Gasteiger partial charge in [-0.05, 0) is 67.1 Å². The van der Waals surface area contributed by atoms with Gasteiger partial charge in [0.1, 0.15) is 11.6 Å². The van der Waals surface area contributed by atoms with Gasteiger partial charge in [-0.1, -0.05) is 17.7 Å². The zero-order valence-corrected chi connectivity index (χ0v) is 21.0. The number of ketones is 1. The first-order valence-corrected chi connectivity index (χ1v) is 13.1. The van der Waals surface area contributed by atoms with Gasteiger partial charge in [0.2, 0.25) is 10.0 Å². The second kappa shape index (κ2) is 11.6. The van der Waals surface area contributed by atoms with Gasteiger partial charge < -0.3 is 5.32 Å². The minimum atomic E-state index is -3.77. The van der Waals surface area contributed by atoms with Crippen molar-refractivity contribution in [2.24, 2.45) is 0 Å². The van der Waals surface area contributed by atoms with Crippen molar-refractivity contribution in [1.29, 1.82) is 0 Å². The van der Waals surface area contributed by atoms with Crippen LogP contribution < -0.4 is 10.0 Å². The number of benzene rings is 3. The number of aromatic nitrogens is 1. The molecule has 0 saturated heterocycles. The quantitative estimate of drug-likeness (QED) is 0.149. The van der Waals surface area contributed by atoms with Crippen LogP contribution in [0, 0.1) is 11.6 Å². The average molecular weight is 542 g/mol. The molecule has 6 nitrogen and oxygen atoms in total. The molecule has 0 unspecified atom stereocenters. The summed E-state index contributed by atoms with van der Waals surface area (Å²) in [6, 6.07) is 14.0. The highest BCUT2D eigenvalue weighted by molar-refractivity contribution is 7.89. The molecule has 190 valence electrons. The number of carbonyl (C=O) groups is 1. The Morgan fingerprint density at radius 2 is 1.76 bits per heavy atom. The van der Waals surface area contributed by atoms with E-state index in [2.05, 4.69) is 15.0 Å². The van der Waals surface area contributed by atoms with Crippen molar-refractivity contribution in [3.8, 4) is 0 Å². The third-order valence-electron chi connectivity index (χ3n) is 5.51. The molecule has 1 aromatic heterocycles. The molecule has 4 aromatic rings. The molecular weight excluding hydrogens is 520 g/mol. The van der Waals surface area contributed by atoms with Gasteiger partial charge in [0, 0.05) is 52.3 Å². The SMILES string of the molecule is O=C(/C=C/c1ccc(F)cc1F)c1ccc(S(=O)(=O)NCCCNc2cncc3cc(Cl)ccc23)cc1. The monoisotopic (exact) mass is 541 g/mol. The molecule has 0 aliphatic heterocycles. The van der Waals surface area contributed by atoms with E-state index in [4.69, 9.17) is 11.6 Å². The molecule has 2 N–H and O–H groups in total. The first-order valence-electron chi connectivity index (χ1n) is 11.3. The lowest BCUT2D eigenvalue weighted by Crippen LogP contribution is -2.26. The van der Waals surface area contributed by atoms with E-state index >= 15 is 0 Å². The van der Waals surface area contributed by atoms with Gasteiger partial charge in [-0.2, -0.15) is 0 Å². The Morgan fingerprint density at radius 3 is 2.51 bits per heavy atom. The fourth-order valence-electron chi connectivity index (χ4n) is 3.59. The van der Waals surface area contributed by atoms with Gasteiger partial charge in [-0.25, -0.2) is 21.9 Å². The number of nitrogens with zero attached hydrogens (tertiary/aromatic N) is 1. The summed E-state index contributed by atoms with van der Waals surface area (Å²) >= 11 is 6.02. The minimum Gasteiger partial charge on any atom is -0.383 e. The summed E-state index contributed by atoms with van der Waals surface area (Å²) in [5.74, 6) is -1.95. The van der Waals surface area contributed by atoms with Crippen molar-refractivity contribution < 1.29 is 22.0 Å². The number of hydrogen-bond donors (Lipinski definition) is 2. The highest BCUT2D eigenvalue weighted by atomic mass is 35.5. The normalized spacial score (nSPS) is 11.8. The molecule has 0 atom stereocenters. The van der Waals surface area contributed by atoms with Crippen molar-refractivity contribution in [3.05, 3.63) is 107 Å². The Balaban J connectivity index is 1.29. The molecule has 0 amide bonds. The second-order valence-corrected chi connectivity index (χ2v) is 10.3. The molecule has 0 saturated carbocycles. The molecule has 0 aliphatic rings. The molecule has 0 radical (unpaired) electrons. The van der Waals surface area contributed by atoms with Crippen LogP contribution in [-0.2, 0) is 10.0 Å². The molecule has 10 heteroatoms. The maximum absolute atomic E-state index is 13.7. The van der Waals surface area contributed by atoms with Crippen LogP contribution in [0.25, 0.3) is 16.8 Å². The van der Waals surface area contributed by atoms with E-state index < -0.39 is 27.4 Å². The summed E-state index contributed by atoms with van der Waals surface area (Å²) in [7, 11) is -3.77. The fourth-order valence-corrected chi connectivity index (χ4v) is 4.84. The number of fused-ring (bicyclic) bond motifs is 1. The third-order valence-corrected chi connectivity index (χ3v) is 7.22. The van der Waals surface area contributed by atoms with Crippen LogP contribution in [0.5, 0.6) is 0 Å². The lowest BCUT2D eigenvalue weighted by molar-refractivity contribution is 0.104. The number of anilines is 1. The maximum atomic E-state index is 13.7. The highest BCUT2D eigenvalue weighted by Gasteiger charge is 2.14. The Kier molecular flexibility index (Phi) is 8.27. The van der Waals surface area contributed by atoms with Gasteiger partial charge in [0.25, 0.3) is 0 Å². The molecule has 0 aliphatic carbocycles. The number of nitrogens with one attached hydrogen (secondary N) is 2. The number of pyridine rings is 1. The maximum Gasteiger partial charge on any atom is 0.240 e. The number of carbonyl (C=O) groups excluding carboxylic acids is 1. The average Bonchev–Trinajstić information content (AvgIpc) is 2.87. The van der Waals surface area contributed by atoms with E-state index in [1.165, 1.54) is 36.4 Å². The summed E-state index contributed by atoms with van der Waals surface area (Å²) in [6.07, 6.45) is 6.33. The zero-order chi connectivity index (χ0) is 26.4. The van der Waals surface area contributed by atoms with Crippen LogP contribution in [0.1, 0.15) is 22.3 Å². The number of hydrogen-bond acceptors (Lipinski definition) is 5. The molecule has 4 rings (SSSR count). The van der Waals surface area contributed by atoms with E-state index in [1.54, 1.807) is 18.5 Å². The zero-order valence-electron chi connectivity index (χ0n) is 19.4. The van der Waals surface area contributed by atoms with E-state index in [0.717, 1.165) is 34.7 Å². The molecular formula is C27H22ClF2N3O3S. The van der Waals surface area contributed by atoms with Gasteiger partial charge in [0.05, 0.1) is 16.8 Å². The van der Waals surface area contributed by atoms with Gasteiger partial charge >= 0.3 is 0 Å². The van der Waals surface area contributed by atoms with Crippen molar-refractivity contribution >= 4 is 49.9 Å². The summed E-state index contributed by atoms with van der Waals surface area (Å²) in [4.78, 5) is 16.6. The second-order valence-electron chi connectivity index (χ2n) is 8.12. The predicted molar refractivity (Wildman–Crippen MR) is 141 cm³/mol. The predicted octanol–water partition coefficient (Wildman–Crippen LogP) is 5.84. The van der Waals surface area contributed by atoms with Crippen LogP contribution in [0.15, 0.2) is 84.0 Å². The van der Waals surface area contributed by atoms with Crippen LogP contribution in [0.4, 0.5) is 14.5 Å². The summed E-state index contributed by atoms with van der Waals surface area (Å²) in [5.41, 5.74) is 1.12. The van der Waals surface area contributed by atoms with Crippen molar-refractivity contribution in [2.45, 2.75) is 11.3 Å². The van der Waals surface area contributed by atoms with Crippen LogP contribution in [0.3, 0.4) is 0 Å². The molecule has 0 spiro atoms. The number of rotatable bonds is 10. The molecule has 3 aromatic carbocycles. The van der Waals surface area contributed by atoms with Crippen LogP contribution >= 0.6 is 11.6 Å². The lowest BCUT2D eigenvalue weighted by Gasteiger charge is -2.10. The summed E-state index contributed by atoms with van der Waals surface area (Å²) in [5, 5.41) is 5.74. The van der Waals surface area contributed by atoms with E-state index in [-0.39, 0.29) is 22.6 Å². The largest absolute Gasteiger partial charge is 0.383 e. The first-order chi connectivity index (χ1) is 17.7. The Hall–Kier alpha value is -3.66. The minimum absolute atomic E-state index is 0.0145. The smallest absolute Gasteiger partial charge is 0.240 e. The number of sulfonamides is 1. The van der Waals surface area contributed by atoms with E-state index in [9.17, 15) is 22.0 Å². The topological polar surface area (TPSA) is 88.2 Å². The molecule has 0 bridgehead atoms. The molecule has 0 fully saturated rings. The number of allylic oxidation sites excluding steroid dienone is 1. The first kappa shape index (κ1) is 26.4. The summed E-state index contributed by atoms with van der Waals surface area (Å²) in [6.45, 7) is 0.715. The Morgan fingerprint density at radius 1 is 0.973 bits per heavy atom. The van der Waals surface area contributed by atoms with Crippen molar-refractivity contribution in [2.75, 3.05) is 18.4 Å². The summed E-state index contributed by atoms with van der Waals surface area (Å²) < 4.78 is 54.5. The van der Waals surface area contributed by atoms with E-state index in [0.29, 0.717) is 18.0 Å². The molecule has 37 heavy (non-hydrogen) atoms. The van der Waals surface area contributed by atoms with Crippen LogP contribution in [-0.4, -0.2) is 32.3 Å². The Labute approximate surface area is 218 Å².